The number of carboxylic acids is 1. The molecule has 9 heteroatoms. The minimum atomic E-state index is -3.69. The fourth-order valence-electron chi connectivity index (χ4n) is 2.60. The topological polar surface area (TPSA) is 113 Å². The molecule has 0 spiro atoms. The molecule has 1 fully saturated rings. The fraction of sp³-hybridized carbons (Fsp3) is 0.529. The number of rotatable bonds is 7. The van der Waals surface area contributed by atoms with Crippen molar-refractivity contribution in [2.45, 2.75) is 37.1 Å². The summed E-state index contributed by atoms with van der Waals surface area (Å²) in [5, 5.41) is 11.5. The standard InChI is InChI=1S/C17H24N2O6S/c1-17(2,7-6-15(20)21)18-16(22)13-4-3-5-14(12-13)26(23,24)19-8-10-25-11-9-19/h3-5,12H,6-11H2,1-2H3,(H,18,22)(H,20,21). The molecule has 2 rings (SSSR count). The molecule has 1 aromatic carbocycles. The molecule has 1 aliphatic rings. The molecule has 0 radical (unpaired) electrons. The number of nitrogens with one attached hydrogen (secondary N) is 1. The smallest absolute Gasteiger partial charge is 0.303 e. The van der Waals surface area contributed by atoms with Crippen molar-refractivity contribution in [2.24, 2.45) is 0 Å². The first kappa shape index (κ1) is 20.3. The minimum Gasteiger partial charge on any atom is -0.481 e. The Labute approximate surface area is 153 Å². The summed E-state index contributed by atoms with van der Waals surface area (Å²) in [4.78, 5) is 23.2. The second kappa shape index (κ2) is 8.15. The van der Waals surface area contributed by atoms with E-state index in [4.69, 9.17) is 9.84 Å². The lowest BCUT2D eigenvalue weighted by Gasteiger charge is -2.27. The molecule has 144 valence electrons. The Hall–Kier alpha value is -1.97. The van der Waals surface area contributed by atoms with Gasteiger partial charge in [0.1, 0.15) is 0 Å². The molecule has 1 aromatic rings. The van der Waals surface area contributed by atoms with Gasteiger partial charge in [-0.3, -0.25) is 9.59 Å². The van der Waals surface area contributed by atoms with Crippen LogP contribution >= 0.6 is 0 Å². The monoisotopic (exact) mass is 384 g/mol. The van der Waals surface area contributed by atoms with Crippen LogP contribution in [0, 0.1) is 0 Å². The van der Waals surface area contributed by atoms with Gasteiger partial charge < -0.3 is 15.2 Å². The first-order chi connectivity index (χ1) is 12.1. The van der Waals surface area contributed by atoms with Crippen molar-refractivity contribution in [3.63, 3.8) is 0 Å². The number of aliphatic carboxylic acids is 1. The number of benzene rings is 1. The molecule has 8 nitrogen and oxygen atoms in total. The van der Waals surface area contributed by atoms with Gasteiger partial charge in [0.2, 0.25) is 10.0 Å². The Kier molecular flexibility index (Phi) is 6.38. The third-order valence-electron chi connectivity index (χ3n) is 4.12. The summed E-state index contributed by atoms with van der Waals surface area (Å²) < 4.78 is 31.9. The third kappa shape index (κ3) is 5.26. The molecule has 1 heterocycles. The summed E-state index contributed by atoms with van der Waals surface area (Å²) in [6.07, 6.45) is 0.193. The van der Waals surface area contributed by atoms with Gasteiger partial charge in [-0.15, -0.1) is 0 Å². The molecule has 1 amide bonds. The van der Waals surface area contributed by atoms with Gasteiger partial charge in [0.25, 0.3) is 5.91 Å². The maximum Gasteiger partial charge on any atom is 0.303 e. The van der Waals surface area contributed by atoms with Gasteiger partial charge in [-0.05, 0) is 38.5 Å². The molecule has 0 atom stereocenters. The van der Waals surface area contributed by atoms with Crippen molar-refractivity contribution in [1.29, 1.82) is 0 Å². The molecule has 1 saturated heterocycles. The van der Waals surface area contributed by atoms with E-state index in [2.05, 4.69) is 5.32 Å². The lowest BCUT2D eigenvalue weighted by Crippen LogP contribution is -2.44. The predicted octanol–water partition coefficient (Wildman–Crippen LogP) is 1.08. The van der Waals surface area contributed by atoms with E-state index in [0.717, 1.165) is 0 Å². The Morgan fingerprint density at radius 2 is 1.92 bits per heavy atom. The fourth-order valence-corrected chi connectivity index (χ4v) is 4.05. The van der Waals surface area contributed by atoms with Crippen LogP contribution in [0.25, 0.3) is 0 Å². The van der Waals surface area contributed by atoms with Crippen molar-refractivity contribution in [3.8, 4) is 0 Å². The Bertz CT molecular complexity index is 769. The van der Waals surface area contributed by atoms with Crippen molar-refractivity contribution in [2.75, 3.05) is 26.3 Å². The zero-order valence-corrected chi connectivity index (χ0v) is 15.7. The highest BCUT2D eigenvalue weighted by Gasteiger charge is 2.28. The second-order valence-electron chi connectivity index (χ2n) is 6.78. The molecular formula is C17H24N2O6S. The number of carbonyl (C=O) groups excluding carboxylic acids is 1. The van der Waals surface area contributed by atoms with E-state index >= 15 is 0 Å². The molecule has 1 aliphatic heterocycles. The molecule has 26 heavy (non-hydrogen) atoms. The molecule has 0 aliphatic carbocycles. The number of ether oxygens (including phenoxy) is 1. The van der Waals surface area contributed by atoms with E-state index in [-0.39, 0.29) is 36.4 Å². The summed E-state index contributed by atoms with van der Waals surface area (Å²) in [5.41, 5.74) is -0.517. The summed E-state index contributed by atoms with van der Waals surface area (Å²) >= 11 is 0. The molecule has 2 N–H and O–H groups in total. The summed E-state index contributed by atoms with van der Waals surface area (Å²) in [7, 11) is -3.69. The van der Waals surface area contributed by atoms with Gasteiger partial charge in [-0.1, -0.05) is 6.07 Å². The number of sulfonamides is 1. The lowest BCUT2D eigenvalue weighted by atomic mass is 9.98. The summed E-state index contributed by atoms with van der Waals surface area (Å²) in [5.74, 6) is -1.38. The predicted molar refractivity (Wildman–Crippen MR) is 94.4 cm³/mol. The third-order valence-corrected chi connectivity index (χ3v) is 6.01. The highest BCUT2D eigenvalue weighted by atomic mass is 32.2. The first-order valence-electron chi connectivity index (χ1n) is 8.34. The Morgan fingerprint density at radius 1 is 1.27 bits per heavy atom. The van der Waals surface area contributed by atoms with E-state index in [1.165, 1.54) is 28.6 Å². The van der Waals surface area contributed by atoms with Crippen LogP contribution in [0.1, 0.15) is 37.0 Å². The summed E-state index contributed by atoms with van der Waals surface area (Å²) in [6, 6.07) is 5.85. The van der Waals surface area contributed by atoms with Crippen LogP contribution < -0.4 is 5.32 Å². The zero-order valence-electron chi connectivity index (χ0n) is 14.9. The average molecular weight is 384 g/mol. The zero-order chi connectivity index (χ0) is 19.4. The molecular weight excluding hydrogens is 360 g/mol. The van der Waals surface area contributed by atoms with E-state index in [1.807, 2.05) is 0 Å². The number of hydrogen-bond donors (Lipinski definition) is 2. The minimum absolute atomic E-state index is 0.0513. The second-order valence-corrected chi connectivity index (χ2v) is 8.71. The van der Waals surface area contributed by atoms with Crippen molar-refractivity contribution < 1.29 is 27.9 Å². The van der Waals surface area contributed by atoms with Crippen LogP contribution in [0.2, 0.25) is 0 Å². The van der Waals surface area contributed by atoms with Crippen molar-refractivity contribution in [1.82, 2.24) is 9.62 Å². The Balaban J connectivity index is 2.15. The maximum absolute atomic E-state index is 12.7. The van der Waals surface area contributed by atoms with Gasteiger partial charge in [-0.25, -0.2) is 8.42 Å². The van der Waals surface area contributed by atoms with Gasteiger partial charge in [0.05, 0.1) is 18.1 Å². The number of carboxylic acid groups (broad SMARTS) is 1. The number of amides is 1. The molecule has 0 bridgehead atoms. The normalized spacial score (nSPS) is 16.2. The van der Waals surface area contributed by atoms with Crippen LogP contribution in [0.15, 0.2) is 29.2 Å². The van der Waals surface area contributed by atoms with E-state index < -0.39 is 27.4 Å². The quantitative estimate of drug-likeness (QED) is 0.727. The van der Waals surface area contributed by atoms with E-state index in [9.17, 15) is 18.0 Å². The number of hydrogen-bond acceptors (Lipinski definition) is 5. The van der Waals surface area contributed by atoms with Gasteiger partial charge in [-0.2, -0.15) is 4.31 Å². The highest BCUT2D eigenvalue weighted by Crippen LogP contribution is 2.19. The van der Waals surface area contributed by atoms with Crippen molar-refractivity contribution in [3.05, 3.63) is 29.8 Å². The van der Waals surface area contributed by atoms with Crippen molar-refractivity contribution >= 4 is 21.9 Å². The Morgan fingerprint density at radius 3 is 2.54 bits per heavy atom. The first-order valence-corrected chi connectivity index (χ1v) is 9.78. The molecule has 0 unspecified atom stereocenters. The maximum atomic E-state index is 12.7. The van der Waals surface area contributed by atoms with Gasteiger partial charge >= 0.3 is 5.97 Å². The van der Waals surface area contributed by atoms with E-state index in [1.54, 1.807) is 13.8 Å². The van der Waals surface area contributed by atoms with E-state index in [0.29, 0.717) is 13.2 Å². The van der Waals surface area contributed by atoms with Gasteiger partial charge in [0, 0.05) is 30.6 Å². The van der Waals surface area contributed by atoms with Crippen LogP contribution in [0.4, 0.5) is 0 Å². The SMILES string of the molecule is CC(C)(CCC(=O)O)NC(=O)c1cccc(S(=O)(=O)N2CCOCC2)c1. The van der Waals surface area contributed by atoms with Gasteiger partial charge in [0.15, 0.2) is 0 Å². The van der Waals surface area contributed by atoms with Crippen LogP contribution in [0.5, 0.6) is 0 Å². The molecule has 0 aromatic heterocycles. The number of morpholine rings is 1. The van der Waals surface area contributed by atoms with Crippen LogP contribution in [-0.4, -0.2) is 61.5 Å². The highest BCUT2D eigenvalue weighted by molar-refractivity contribution is 7.89. The lowest BCUT2D eigenvalue weighted by molar-refractivity contribution is -0.137. The molecule has 0 saturated carbocycles. The largest absolute Gasteiger partial charge is 0.481 e. The van der Waals surface area contributed by atoms with Crippen LogP contribution in [0.3, 0.4) is 0 Å². The van der Waals surface area contributed by atoms with Crippen LogP contribution in [-0.2, 0) is 19.6 Å². The average Bonchev–Trinajstić information content (AvgIpc) is 2.60. The summed E-state index contributed by atoms with van der Waals surface area (Å²) in [6.45, 7) is 4.70. The number of carbonyl (C=O) groups is 2. The number of nitrogens with zero attached hydrogens (tertiary/aromatic N) is 1.